The SMILES string of the molecule is CCNC(=NCC1=CC=CC1)C(=O)[O-].CCNC(=NCC1=CC=CC1)C(=O)[O-].[Co+2]. The Labute approximate surface area is 181 Å². The van der Waals surface area contributed by atoms with E-state index < -0.39 is 11.9 Å². The smallest absolute Gasteiger partial charge is 0.542 e. The molecule has 1 radical (unpaired) electrons. The van der Waals surface area contributed by atoms with Gasteiger partial charge in [-0.3, -0.25) is 9.98 Å². The molecule has 9 heteroatoms. The van der Waals surface area contributed by atoms with Crippen LogP contribution in [-0.4, -0.2) is 49.8 Å². The number of aliphatic imine (C=N–C) groups is 2. The number of amidine groups is 2. The Hall–Kier alpha value is -2.65. The molecule has 0 aromatic rings. The van der Waals surface area contributed by atoms with E-state index in [0.717, 1.165) is 24.0 Å². The van der Waals surface area contributed by atoms with Gasteiger partial charge >= 0.3 is 16.8 Å². The van der Waals surface area contributed by atoms with Gasteiger partial charge in [-0.15, -0.1) is 0 Å². The minimum atomic E-state index is -1.25. The molecule has 0 spiro atoms. The molecule has 2 aliphatic carbocycles. The van der Waals surface area contributed by atoms with E-state index in [1.807, 2.05) is 50.3 Å². The van der Waals surface area contributed by atoms with E-state index in [9.17, 15) is 19.8 Å². The van der Waals surface area contributed by atoms with Gasteiger partial charge in [0.25, 0.3) is 0 Å². The molecule has 0 fully saturated rings. The Morgan fingerprint density at radius 3 is 1.48 bits per heavy atom. The summed E-state index contributed by atoms with van der Waals surface area (Å²) in [5.74, 6) is -2.64. The first kappa shape index (κ1) is 26.3. The summed E-state index contributed by atoms with van der Waals surface area (Å²) in [6.45, 7) is 5.53. The molecule has 0 heterocycles. The number of carbonyl (C=O) groups is 2. The van der Waals surface area contributed by atoms with Gasteiger partial charge in [-0.2, -0.15) is 0 Å². The largest absolute Gasteiger partial charge is 2.00 e. The summed E-state index contributed by atoms with van der Waals surface area (Å²) in [4.78, 5) is 29.0. The Bertz CT molecular complexity index is 675. The van der Waals surface area contributed by atoms with Crippen LogP contribution in [0.1, 0.15) is 26.7 Å². The number of allylic oxidation sites excluding steroid dienone is 6. The molecule has 2 rings (SSSR count). The first-order valence-electron chi connectivity index (χ1n) is 9.16. The fourth-order valence-electron chi connectivity index (χ4n) is 2.30. The Balaban J connectivity index is 0.000000523. The van der Waals surface area contributed by atoms with E-state index in [0.29, 0.717) is 26.2 Å². The maximum absolute atomic E-state index is 10.6. The van der Waals surface area contributed by atoms with E-state index in [1.54, 1.807) is 0 Å². The molecule has 29 heavy (non-hydrogen) atoms. The summed E-state index contributed by atoms with van der Waals surface area (Å²) in [5.41, 5.74) is 2.23. The van der Waals surface area contributed by atoms with Crippen LogP contribution in [0.2, 0.25) is 0 Å². The van der Waals surface area contributed by atoms with Crippen molar-refractivity contribution in [2.75, 3.05) is 26.2 Å². The maximum Gasteiger partial charge on any atom is 2.00 e. The number of carboxylic acids is 2. The zero-order valence-electron chi connectivity index (χ0n) is 16.6. The summed E-state index contributed by atoms with van der Waals surface area (Å²) >= 11 is 0. The monoisotopic (exact) mass is 445 g/mol. The molecule has 0 saturated heterocycles. The second kappa shape index (κ2) is 15.3. The van der Waals surface area contributed by atoms with Crippen LogP contribution in [0.3, 0.4) is 0 Å². The van der Waals surface area contributed by atoms with Gasteiger partial charge in [-0.05, 0) is 37.8 Å². The summed E-state index contributed by atoms with van der Waals surface area (Å²) in [6.07, 6.45) is 13.5. The standard InChI is InChI=1S/2C10H14N2O2.Co/c2*1-2-11-9(10(13)14)12-7-8-5-3-4-6-8;/h2*3-5H,2,6-7H2,1H3,(H,11,12)(H,13,14);/q;;+2/p-2. The van der Waals surface area contributed by atoms with E-state index in [1.165, 1.54) is 0 Å². The van der Waals surface area contributed by atoms with Gasteiger partial charge in [0.05, 0.1) is 13.1 Å². The molecule has 0 aliphatic heterocycles. The predicted octanol–water partition coefficient (Wildman–Crippen LogP) is -0.741. The van der Waals surface area contributed by atoms with Crippen LogP contribution in [-0.2, 0) is 26.4 Å². The van der Waals surface area contributed by atoms with Crippen molar-refractivity contribution in [2.45, 2.75) is 26.7 Å². The van der Waals surface area contributed by atoms with Crippen molar-refractivity contribution >= 4 is 23.6 Å². The van der Waals surface area contributed by atoms with E-state index in [2.05, 4.69) is 20.6 Å². The Kier molecular flexibility index (Phi) is 13.9. The average molecular weight is 445 g/mol. The van der Waals surface area contributed by atoms with Crippen LogP contribution < -0.4 is 20.8 Å². The molecule has 8 nitrogen and oxygen atoms in total. The normalized spacial score (nSPS) is 15.0. The van der Waals surface area contributed by atoms with Crippen molar-refractivity contribution in [3.8, 4) is 0 Å². The van der Waals surface area contributed by atoms with Gasteiger partial charge in [-0.1, -0.05) is 36.5 Å². The van der Waals surface area contributed by atoms with Gasteiger partial charge in [0.15, 0.2) is 0 Å². The third-order valence-electron chi connectivity index (χ3n) is 3.65. The van der Waals surface area contributed by atoms with Crippen LogP contribution in [0.25, 0.3) is 0 Å². The van der Waals surface area contributed by atoms with E-state index >= 15 is 0 Å². The number of rotatable bonds is 6. The van der Waals surface area contributed by atoms with E-state index in [4.69, 9.17) is 0 Å². The quantitative estimate of drug-likeness (QED) is 0.409. The molecule has 159 valence electrons. The fraction of sp³-hybridized carbons (Fsp3) is 0.400. The van der Waals surface area contributed by atoms with Crippen LogP contribution in [0.15, 0.2) is 57.6 Å². The maximum atomic E-state index is 10.6. The molecule has 0 aromatic carbocycles. The van der Waals surface area contributed by atoms with Crippen LogP contribution in [0.5, 0.6) is 0 Å². The van der Waals surface area contributed by atoms with E-state index in [-0.39, 0.29) is 28.5 Å². The van der Waals surface area contributed by atoms with Crippen LogP contribution in [0.4, 0.5) is 0 Å². The first-order chi connectivity index (χ1) is 13.5. The number of hydrogen-bond donors (Lipinski definition) is 2. The number of likely N-dealkylation sites (N-methyl/N-ethyl adjacent to an activating group) is 2. The summed E-state index contributed by atoms with van der Waals surface area (Å²) < 4.78 is 0. The zero-order valence-corrected chi connectivity index (χ0v) is 17.6. The van der Waals surface area contributed by atoms with Crippen molar-refractivity contribution in [1.82, 2.24) is 10.6 Å². The molecule has 0 unspecified atom stereocenters. The summed E-state index contributed by atoms with van der Waals surface area (Å²) in [7, 11) is 0. The van der Waals surface area contributed by atoms with Crippen molar-refractivity contribution in [2.24, 2.45) is 9.98 Å². The molecule has 2 N–H and O–H groups in total. The molecule has 0 bridgehead atoms. The first-order valence-corrected chi connectivity index (χ1v) is 9.16. The molecule has 2 aliphatic rings. The van der Waals surface area contributed by atoms with Gasteiger partial charge in [0.1, 0.15) is 23.6 Å². The summed E-state index contributed by atoms with van der Waals surface area (Å²) in [5, 5.41) is 26.4. The average Bonchev–Trinajstić information content (AvgIpc) is 3.36. The van der Waals surface area contributed by atoms with Crippen molar-refractivity contribution < 1.29 is 36.6 Å². The number of hydrogen-bond acceptors (Lipinski definition) is 6. The number of aliphatic carboxylic acids is 2. The predicted molar refractivity (Wildman–Crippen MR) is 106 cm³/mol. The minimum Gasteiger partial charge on any atom is -0.542 e. The molecular weight excluding hydrogens is 419 g/mol. The number of carboxylic acid groups (broad SMARTS) is 2. The molecule has 0 amide bonds. The number of carbonyl (C=O) groups excluding carboxylic acids is 2. The zero-order chi connectivity index (χ0) is 20.8. The molecule has 0 saturated carbocycles. The Morgan fingerprint density at radius 2 is 1.24 bits per heavy atom. The summed E-state index contributed by atoms with van der Waals surface area (Å²) in [6, 6.07) is 0. The number of nitrogens with zero attached hydrogens (tertiary/aromatic N) is 2. The molecule has 0 aromatic heterocycles. The Morgan fingerprint density at radius 1 is 0.862 bits per heavy atom. The van der Waals surface area contributed by atoms with Crippen molar-refractivity contribution in [3.63, 3.8) is 0 Å². The second-order valence-electron chi connectivity index (χ2n) is 5.88. The van der Waals surface area contributed by atoms with Gasteiger partial charge < -0.3 is 30.4 Å². The minimum absolute atomic E-state index is 0. The third-order valence-corrected chi connectivity index (χ3v) is 3.65. The van der Waals surface area contributed by atoms with Crippen molar-refractivity contribution in [3.05, 3.63) is 47.6 Å². The molecule has 0 atom stereocenters. The van der Waals surface area contributed by atoms with Crippen LogP contribution in [0, 0.1) is 0 Å². The van der Waals surface area contributed by atoms with Gasteiger partial charge in [0.2, 0.25) is 0 Å². The number of nitrogens with one attached hydrogen (secondary N) is 2. The van der Waals surface area contributed by atoms with Crippen molar-refractivity contribution in [1.29, 1.82) is 0 Å². The van der Waals surface area contributed by atoms with Gasteiger partial charge in [0, 0.05) is 13.1 Å². The topological polar surface area (TPSA) is 129 Å². The third kappa shape index (κ3) is 11.1. The fourth-order valence-corrected chi connectivity index (χ4v) is 2.30. The second-order valence-corrected chi connectivity index (χ2v) is 5.88. The van der Waals surface area contributed by atoms with Crippen LogP contribution >= 0.6 is 0 Å². The molecular formula is C20H26CoN4O4. The van der Waals surface area contributed by atoms with Gasteiger partial charge in [-0.25, -0.2) is 0 Å².